The summed E-state index contributed by atoms with van der Waals surface area (Å²) in [4.78, 5) is 15.3. The fourth-order valence-corrected chi connectivity index (χ4v) is 2.82. The van der Waals surface area contributed by atoms with Crippen molar-refractivity contribution in [2.24, 2.45) is 0 Å². The van der Waals surface area contributed by atoms with Gasteiger partial charge in [0.1, 0.15) is 5.69 Å². The van der Waals surface area contributed by atoms with Gasteiger partial charge in [-0.2, -0.15) is 0 Å². The number of carbonyl (C=O) groups excluding carboxylic acids is 1. The molecule has 6 nitrogen and oxygen atoms in total. The number of anilines is 2. The largest absolute Gasteiger partial charge is 0.351 e. The molecular formula is C16H15N3O3S. The van der Waals surface area contributed by atoms with Gasteiger partial charge in [0.25, 0.3) is 5.91 Å². The minimum absolute atomic E-state index is 0.294. The van der Waals surface area contributed by atoms with E-state index in [1.807, 2.05) is 24.3 Å². The van der Waals surface area contributed by atoms with Gasteiger partial charge in [-0.25, -0.2) is 8.42 Å². The summed E-state index contributed by atoms with van der Waals surface area (Å²) >= 11 is 0. The van der Waals surface area contributed by atoms with Gasteiger partial charge in [-0.1, -0.05) is 24.3 Å². The number of carbonyl (C=O) groups is 1. The number of rotatable bonds is 4. The van der Waals surface area contributed by atoms with Gasteiger partial charge in [0.05, 0.1) is 11.9 Å². The summed E-state index contributed by atoms with van der Waals surface area (Å²) in [7, 11) is -3.36. The molecule has 0 aliphatic heterocycles. The van der Waals surface area contributed by atoms with Crippen LogP contribution in [0.5, 0.6) is 0 Å². The smallest absolute Gasteiger partial charge is 0.272 e. The van der Waals surface area contributed by atoms with Gasteiger partial charge in [-0.3, -0.25) is 9.52 Å². The van der Waals surface area contributed by atoms with Crippen molar-refractivity contribution < 1.29 is 13.2 Å². The second-order valence-electron chi connectivity index (χ2n) is 5.18. The number of fused-ring (bicyclic) bond motifs is 1. The van der Waals surface area contributed by atoms with E-state index in [9.17, 15) is 13.2 Å². The Morgan fingerprint density at radius 2 is 1.74 bits per heavy atom. The Morgan fingerprint density at radius 1 is 1.00 bits per heavy atom. The number of H-pyrrole nitrogens is 1. The van der Waals surface area contributed by atoms with E-state index in [0.717, 1.165) is 17.2 Å². The Labute approximate surface area is 133 Å². The number of benzene rings is 2. The minimum Gasteiger partial charge on any atom is -0.351 e. The van der Waals surface area contributed by atoms with Crippen LogP contribution in [-0.2, 0) is 10.0 Å². The lowest BCUT2D eigenvalue weighted by Crippen LogP contribution is -2.13. The second-order valence-corrected chi connectivity index (χ2v) is 6.93. The van der Waals surface area contributed by atoms with Crippen molar-refractivity contribution in [3.05, 3.63) is 60.3 Å². The van der Waals surface area contributed by atoms with Crippen molar-refractivity contribution in [3.8, 4) is 0 Å². The van der Waals surface area contributed by atoms with Crippen LogP contribution in [0.15, 0.2) is 54.6 Å². The van der Waals surface area contributed by atoms with Crippen LogP contribution >= 0.6 is 0 Å². The first-order chi connectivity index (χ1) is 10.9. The lowest BCUT2D eigenvalue weighted by Gasteiger charge is -2.07. The van der Waals surface area contributed by atoms with Crippen LogP contribution in [0.1, 0.15) is 10.5 Å². The highest BCUT2D eigenvalue weighted by molar-refractivity contribution is 7.92. The van der Waals surface area contributed by atoms with E-state index in [2.05, 4.69) is 15.0 Å². The molecule has 3 rings (SSSR count). The van der Waals surface area contributed by atoms with E-state index in [0.29, 0.717) is 17.1 Å². The van der Waals surface area contributed by atoms with Crippen molar-refractivity contribution >= 4 is 38.2 Å². The maximum absolute atomic E-state index is 12.3. The molecule has 1 aromatic heterocycles. The van der Waals surface area contributed by atoms with Crippen LogP contribution < -0.4 is 10.0 Å². The van der Waals surface area contributed by atoms with Crippen molar-refractivity contribution in [2.75, 3.05) is 16.3 Å². The monoisotopic (exact) mass is 329 g/mol. The summed E-state index contributed by atoms with van der Waals surface area (Å²) in [6.07, 6.45) is 1.07. The van der Waals surface area contributed by atoms with E-state index in [1.165, 1.54) is 0 Å². The minimum atomic E-state index is -3.36. The Hall–Kier alpha value is -2.80. The molecule has 1 heterocycles. The highest BCUT2D eigenvalue weighted by Gasteiger charge is 2.10. The van der Waals surface area contributed by atoms with Crippen LogP contribution in [0.25, 0.3) is 10.9 Å². The third-order valence-corrected chi connectivity index (χ3v) is 3.80. The molecule has 0 fully saturated rings. The number of hydrogen-bond acceptors (Lipinski definition) is 3. The number of hydrogen-bond donors (Lipinski definition) is 3. The zero-order valence-corrected chi connectivity index (χ0v) is 13.1. The Kier molecular flexibility index (Phi) is 3.79. The fourth-order valence-electron chi connectivity index (χ4n) is 2.27. The van der Waals surface area contributed by atoms with Gasteiger partial charge in [0.15, 0.2) is 0 Å². The topological polar surface area (TPSA) is 91.1 Å². The van der Waals surface area contributed by atoms with Crippen LogP contribution in [0.2, 0.25) is 0 Å². The van der Waals surface area contributed by atoms with Gasteiger partial charge in [0.2, 0.25) is 10.0 Å². The predicted molar refractivity (Wildman–Crippen MR) is 91.2 cm³/mol. The van der Waals surface area contributed by atoms with E-state index in [1.54, 1.807) is 30.3 Å². The van der Waals surface area contributed by atoms with Gasteiger partial charge < -0.3 is 10.3 Å². The van der Waals surface area contributed by atoms with E-state index < -0.39 is 10.0 Å². The van der Waals surface area contributed by atoms with Crippen molar-refractivity contribution in [1.82, 2.24) is 4.98 Å². The summed E-state index contributed by atoms with van der Waals surface area (Å²) in [5.74, 6) is -0.294. The Morgan fingerprint density at radius 3 is 2.48 bits per heavy atom. The first kappa shape index (κ1) is 15.1. The molecule has 3 N–H and O–H groups in total. The van der Waals surface area contributed by atoms with Crippen LogP contribution in [-0.4, -0.2) is 25.6 Å². The quantitative estimate of drug-likeness (QED) is 0.687. The van der Waals surface area contributed by atoms with Gasteiger partial charge in [-0.15, -0.1) is 0 Å². The fraction of sp³-hybridized carbons (Fsp3) is 0.0625. The SMILES string of the molecule is CS(=O)(=O)Nc1cccc(NC(=O)c2cc3ccccc3[nH]2)c1. The number of para-hydroxylation sites is 1. The molecule has 0 bridgehead atoms. The average Bonchev–Trinajstić information content (AvgIpc) is 2.90. The first-order valence-electron chi connectivity index (χ1n) is 6.88. The molecule has 3 aromatic rings. The zero-order valence-electron chi connectivity index (χ0n) is 12.3. The molecule has 23 heavy (non-hydrogen) atoms. The van der Waals surface area contributed by atoms with Crippen LogP contribution in [0, 0.1) is 0 Å². The van der Waals surface area contributed by atoms with Crippen molar-refractivity contribution in [1.29, 1.82) is 0 Å². The summed E-state index contributed by atoms with van der Waals surface area (Å²) in [5, 5.41) is 3.69. The van der Waals surface area contributed by atoms with Crippen molar-refractivity contribution in [3.63, 3.8) is 0 Å². The molecule has 0 saturated heterocycles. The number of aromatic amines is 1. The second kappa shape index (κ2) is 5.77. The lowest BCUT2D eigenvalue weighted by atomic mass is 10.2. The van der Waals surface area contributed by atoms with E-state index in [4.69, 9.17) is 0 Å². The zero-order chi connectivity index (χ0) is 16.4. The van der Waals surface area contributed by atoms with Gasteiger partial charge in [-0.05, 0) is 30.3 Å². The number of sulfonamides is 1. The molecule has 7 heteroatoms. The molecule has 118 valence electrons. The van der Waals surface area contributed by atoms with E-state index in [-0.39, 0.29) is 5.91 Å². The van der Waals surface area contributed by atoms with Crippen LogP contribution in [0.3, 0.4) is 0 Å². The Bertz CT molecular complexity index is 944. The number of amides is 1. The summed E-state index contributed by atoms with van der Waals surface area (Å²) in [6.45, 7) is 0. The average molecular weight is 329 g/mol. The van der Waals surface area contributed by atoms with Gasteiger partial charge in [0, 0.05) is 16.6 Å². The predicted octanol–water partition coefficient (Wildman–Crippen LogP) is 2.79. The third-order valence-electron chi connectivity index (χ3n) is 3.20. The maximum Gasteiger partial charge on any atom is 0.272 e. The molecule has 0 saturated carbocycles. The molecule has 0 aliphatic carbocycles. The van der Waals surface area contributed by atoms with Crippen LogP contribution in [0.4, 0.5) is 11.4 Å². The highest BCUT2D eigenvalue weighted by Crippen LogP contribution is 2.19. The molecule has 0 atom stereocenters. The summed E-state index contributed by atoms with van der Waals surface area (Å²) in [5.41, 5.74) is 2.21. The number of aromatic nitrogens is 1. The summed E-state index contributed by atoms with van der Waals surface area (Å²) < 4.78 is 24.9. The molecule has 1 amide bonds. The first-order valence-corrected chi connectivity index (χ1v) is 8.77. The Balaban J connectivity index is 1.81. The molecule has 0 unspecified atom stereocenters. The highest BCUT2D eigenvalue weighted by atomic mass is 32.2. The standard InChI is InChI=1S/C16H15N3O3S/c1-23(21,22)19-13-7-4-6-12(10-13)17-16(20)15-9-11-5-2-3-8-14(11)18-15/h2-10,18-19H,1H3,(H,17,20). The van der Waals surface area contributed by atoms with Crippen molar-refractivity contribution in [2.45, 2.75) is 0 Å². The third kappa shape index (κ3) is 3.70. The molecule has 0 radical (unpaired) electrons. The number of nitrogens with one attached hydrogen (secondary N) is 3. The molecular weight excluding hydrogens is 314 g/mol. The molecule has 0 spiro atoms. The molecule has 2 aromatic carbocycles. The molecule has 0 aliphatic rings. The maximum atomic E-state index is 12.3. The normalized spacial score (nSPS) is 11.3. The summed E-state index contributed by atoms with van der Waals surface area (Å²) in [6, 6.07) is 15.9. The van der Waals surface area contributed by atoms with Gasteiger partial charge >= 0.3 is 0 Å². The van der Waals surface area contributed by atoms with E-state index >= 15 is 0 Å². The lowest BCUT2D eigenvalue weighted by molar-refractivity contribution is 0.102.